The normalized spacial score (nSPS) is 22.3. The van der Waals surface area contributed by atoms with Gasteiger partial charge >= 0.3 is 0 Å². The first-order valence-corrected chi connectivity index (χ1v) is 5.88. The van der Waals surface area contributed by atoms with Gasteiger partial charge in [0.05, 0.1) is 13.2 Å². The lowest BCUT2D eigenvalue weighted by atomic mass is 10.0. The number of rotatable bonds is 5. The Labute approximate surface area is 92.8 Å². The van der Waals surface area contributed by atoms with E-state index in [1.54, 1.807) is 0 Å². The van der Waals surface area contributed by atoms with Crippen LogP contribution < -0.4 is 0 Å². The van der Waals surface area contributed by atoms with Crippen LogP contribution in [0.5, 0.6) is 0 Å². The van der Waals surface area contributed by atoms with E-state index in [2.05, 4.69) is 4.90 Å². The maximum Gasteiger partial charge on any atom is 0.149 e. The Hall–Kier alpha value is -0.410. The number of nitrogens with zero attached hydrogens (tertiary/aromatic N) is 1. The van der Waals surface area contributed by atoms with Gasteiger partial charge < -0.3 is 4.74 Å². The molecule has 88 valence electrons. The fourth-order valence-corrected chi connectivity index (χ4v) is 1.91. The Morgan fingerprint density at radius 1 is 1.53 bits per heavy atom. The van der Waals surface area contributed by atoms with Crippen LogP contribution in [-0.2, 0) is 9.53 Å². The first-order valence-electron chi connectivity index (χ1n) is 5.88. The van der Waals surface area contributed by atoms with E-state index in [0.29, 0.717) is 18.2 Å². The lowest BCUT2D eigenvalue weighted by molar-refractivity contribution is -0.123. The van der Waals surface area contributed by atoms with Crippen LogP contribution in [0.2, 0.25) is 0 Å². The Kier molecular flexibility index (Phi) is 5.26. The monoisotopic (exact) mass is 213 g/mol. The third kappa shape index (κ3) is 4.76. The molecule has 1 aliphatic heterocycles. The van der Waals surface area contributed by atoms with Crippen molar-refractivity contribution in [1.82, 2.24) is 4.90 Å². The van der Waals surface area contributed by atoms with E-state index >= 15 is 0 Å². The summed E-state index contributed by atoms with van der Waals surface area (Å²) < 4.78 is 5.42. The van der Waals surface area contributed by atoms with Gasteiger partial charge in [-0.25, -0.2) is 0 Å². The fourth-order valence-electron chi connectivity index (χ4n) is 1.91. The average molecular weight is 213 g/mol. The van der Waals surface area contributed by atoms with Crippen molar-refractivity contribution in [2.45, 2.75) is 26.7 Å². The second-order valence-electron chi connectivity index (χ2n) is 4.90. The Morgan fingerprint density at radius 3 is 2.80 bits per heavy atom. The zero-order chi connectivity index (χ0) is 11.3. The summed E-state index contributed by atoms with van der Waals surface area (Å²) in [5, 5.41) is 0. The molecule has 1 aliphatic rings. The van der Waals surface area contributed by atoms with Crippen LogP contribution >= 0.6 is 0 Å². The number of ether oxygens (including phenoxy) is 1. The summed E-state index contributed by atoms with van der Waals surface area (Å²) in [5.74, 6) is 1.09. The zero-order valence-electron chi connectivity index (χ0n) is 10.2. The van der Waals surface area contributed by atoms with Gasteiger partial charge in [-0.2, -0.15) is 0 Å². The molecule has 0 aromatic heterocycles. The van der Waals surface area contributed by atoms with Crippen molar-refractivity contribution in [3.63, 3.8) is 0 Å². The topological polar surface area (TPSA) is 29.5 Å². The maximum atomic E-state index is 11.5. The third-order valence-electron chi connectivity index (χ3n) is 2.89. The zero-order valence-corrected chi connectivity index (χ0v) is 10.2. The third-order valence-corrected chi connectivity index (χ3v) is 2.89. The van der Waals surface area contributed by atoms with E-state index in [1.165, 1.54) is 6.42 Å². The smallest absolute Gasteiger partial charge is 0.149 e. The Balaban J connectivity index is 2.22. The van der Waals surface area contributed by atoms with E-state index in [4.69, 9.17) is 4.74 Å². The molecule has 0 radical (unpaired) electrons. The minimum Gasteiger partial charge on any atom is -0.381 e. The number of ketones is 1. The van der Waals surface area contributed by atoms with Crippen molar-refractivity contribution in [3.05, 3.63) is 0 Å². The van der Waals surface area contributed by atoms with Gasteiger partial charge in [-0.3, -0.25) is 9.69 Å². The summed E-state index contributed by atoms with van der Waals surface area (Å²) in [4.78, 5) is 13.6. The molecule has 0 aliphatic carbocycles. The van der Waals surface area contributed by atoms with Crippen molar-refractivity contribution in [1.29, 1.82) is 0 Å². The number of likely N-dealkylation sites (N-methyl/N-ethyl adjacent to an activating group) is 1. The van der Waals surface area contributed by atoms with Crippen LogP contribution in [0.3, 0.4) is 0 Å². The second kappa shape index (κ2) is 6.23. The summed E-state index contributed by atoms with van der Waals surface area (Å²) in [5.41, 5.74) is 0. The highest BCUT2D eigenvalue weighted by Crippen LogP contribution is 2.14. The standard InChI is InChI=1S/C12H23NO2/c1-10(2)12(14)8-13(3)7-11-5-4-6-15-9-11/h10-11H,4-9H2,1-3H3. The molecule has 1 atom stereocenters. The van der Waals surface area contributed by atoms with E-state index in [9.17, 15) is 4.79 Å². The minimum atomic E-state index is 0.148. The van der Waals surface area contributed by atoms with Crippen LogP contribution in [0.15, 0.2) is 0 Å². The molecule has 1 heterocycles. The first-order chi connectivity index (χ1) is 7.09. The van der Waals surface area contributed by atoms with Crippen molar-refractivity contribution in [3.8, 4) is 0 Å². The number of Topliss-reactive ketones (excluding diaryl/α,β-unsaturated/α-hetero) is 1. The maximum absolute atomic E-state index is 11.5. The highest BCUT2D eigenvalue weighted by Gasteiger charge is 2.17. The van der Waals surface area contributed by atoms with Crippen molar-refractivity contribution >= 4 is 5.78 Å². The molecule has 0 aromatic carbocycles. The van der Waals surface area contributed by atoms with Gasteiger partial charge in [0.15, 0.2) is 0 Å². The number of carbonyl (C=O) groups is 1. The predicted octanol–water partition coefficient (Wildman–Crippen LogP) is 1.57. The van der Waals surface area contributed by atoms with Crippen LogP contribution in [-0.4, -0.2) is 44.0 Å². The van der Waals surface area contributed by atoms with Crippen molar-refractivity contribution in [2.24, 2.45) is 11.8 Å². The molecule has 1 rings (SSSR count). The summed E-state index contributed by atoms with van der Waals surface area (Å²) in [6.45, 7) is 7.25. The average Bonchev–Trinajstić information content (AvgIpc) is 2.18. The number of carbonyl (C=O) groups excluding carboxylic acids is 1. The molecule has 1 unspecified atom stereocenters. The summed E-state index contributed by atoms with van der Waals surface area (Å²) >= 11 is 0. The Morgan fingerprint density at radius 2 is 2.27 bits per heavy atom. The summed E-state index contributed by atoms with van der Waals surface area (Å²) in [6.07, 6.45) is 2.40. The highest BCUT2D eigenvalue weighted by molar-refractivity contribution is 5.82. The van der Waals surface area contributed by atoms with Gasteiger partial charge in [0.1, 0.15) is 5.78 Å². The largest absolute Gasteiger partial charge is 0.381 e. The number of hydrogen-bond donors (Lipinski definition) is 0. The molecule has 15 heavy (non-hydrogen) atoms. The van der Waals surface area contributed by atoms with E-state index in [-0.39, 0.29) is 5.92 Å². The van der Waals surface area contributed by atoms with E-state index < -0.39 is 0 Å². The van der Waals surface area contributed by atoms with Gasteiger partial charge in [0, 0.05) is 19.1 Å². The van der Waals surface area contributed by atoms with Gasteiger partial charge in [0.25, 0.3) is 0 Å². The summed E-state index contributed by atoms with van der Waals surface area (Å²) in [7, 11) is 2.02. The second-order valence-corrected chi connectivity index (χ2v) is 4.90. The molecule has 0 spiro atoms. The molecule has 0 amide bonds. The predicted molar refractivity (Wildman–Crippen MR) is 60.9 cm³/mol. The molecule has 3 nitrogen and oxygen atoms in total. The molecule has 3 heteroatoms. The van der Waals surface area contributed by atoms with Crippen LogP contribution in [0.1, 0.15) is 26.7 Å². The van der Waals surface area contributed by atoms with Gasteiger partial charge in [-0.1, -0.05) is 13.8 Å². The molecule has 0 N–H and O–H groups in total. The van der Waals surface area contributed by atoms with Crippen LogP contribution in [0.4, 0.5) is 0 Å². The number of hydrogen-bond acceptors (Lipinski definition) is 3. The molecular weight excluding hydrogens is 190 g/mol. The van der Waals surface area contributed by atoms with Crippen LogP contribution in [0, 0.1) is 11.8 Å². The first kappa shape index (κ1) is 12.7. The van der Waals surface area contributed by atoms with E-state index in [0.717, 1.165) is 26.2 Å². The van der Waals surface area contributed by atoms with Crippen molar-refractivity contribution < 1.29 is 9.53 Å². The fraction of sp³-hybridized carbons (Fsp3) is 0.917. The highest BCUT2D eigenvalue weighted by atomic mass is 16.5. The van der Waals surface area contributed by atoms with Gasteiger partial charge in [0.2, 0.25) is 0 Å². The SMILES string of the molecule is CC(C)C(=O)CN(C)CC1CCCOC1. The molecule has 0 aromatic rings. The molecule has 1 saturated heterocycles. The van der Waals surface area contributed by atoms with Crippen molar-refractivity contribution in [2.75, 3.05) is 33.4 Å². The lowest BCUT2D eigenvalue weighted by Crippen LogP contribution is -2.35. The van der Waals surface area contributed by atoms with Crippen LogP contribution in [0.25, 0.3) is 0 Å². The molecule has 0 saturated carbocycles. The van der Waals surface area contributed by atoms with Gasteiger partial charge in [-0.15, -0.1) is 0 Å². The minimum absolute atomic E-state index is 0.148. The Bertz CT molecular complexity index is 198. The van der Waals surface area contributed by atoms with Gasteiger partial charge in [-0.05, 0) is 25.8 Å². The molecular formula is C12H23NO2. The summed E-state index contributed by atoms with van der Waals surface area (Å²) in [6, 6.07) is 0. The quantitative estimate of drug-likeness (QED) is 0.694. The molecule has 0 bridgehead atoms. The van der Waals surface area contributed by atoms with E-state index in [1.807, 2.05) is 20.9 Å². The molecule has 1 fully saturated rings. The lowest BCUT2D eigenvalue weighted by Gasteiger charge is -2.27.